The van der Waals surface area contributed by atoms with E-state index in [0.29, 0.717) is 0 Å². The lowest BCUT2D eigenvalue weighted by molar-refractivity contribution is 0.415. The van der Waals surface area contributed by atoms with Crippen molar-refractivity contribution >= 4 is 22.8 Å². The fourth-order valence-electron chi connectivity index (χ4n) is 2.06. The number of nitrogens with zero attached hydrogens (tertiary/aromatic N) is 2. The highest BCUT2D eigenvalue weighted by Gasteiger charge is 1.99. The van der Waals surface area contributed by atoms with Crippen LogP contribution in [0.25, 0.3) is 10.9 Å². The molecule has 0 atom stereocenters. The van der Waals surface area contributed by atoms with Crippen molar-refractivity contribution in [3.63, 3.8) is 0 Å². The molecule has 0 spiro atoms. The number of fused-ring (bicyclic) bond motifs is 1. The molecule has 0 aliphatic carbocycles. The number of hydrogen-bond acceptors (Lipinski definition) is 4. The Morgan fingerprint density at radius 3 is 2.67 bits per heavy atom. The van der Waals surface area contributed by atoms with Gasteiger partial charge in [-0.15, -0.1) is 0 Å². The van der Waals surface area contributed by atoms with Gasteiger partial charge in [-0.2, -0.15) is 5.10 Å². The van der Waals surface area contributed by atoms with Gasteiger partial charge in [-0.25, -0.2) is 0 Å². The zero-order chi connectivity index (χ0) is 14.5. The maximum absolute atomic E-state index is 5.12. The number of methoxy groups -OCH3 is 1. The SMILES string of the molecule is COc1ccc(C=NNc2cccc3cccnc23)cc1. The molecule has 0 saturated carbocycles. The summed E-state index contributed by atoms with van der Waals surface area (Å²) in [5.41, 5.74) is 5.83. The van der Waals surface area contributed by atoms with Crippen LogP contribution in [0.2, 0.25) is 0 Å². The smallest absolute Gasteiger partial charge is 0.118 e. The first kappa shape index (κ1) is 13.1. The normalized spacial score (nSPS) is 10.9. The summed E-state index contributed by atoms with van der Waals surface area (Å²) < 4.78 is 5.12. The van der Waals surface area contributed by atoms with E-state index in [1.807, 2.05) is 54.6 Å². The molecule has 0 fully saturated rings. The van der Waals surface area contributed by atoms with Crippen molar-refractivity contribution in [3.8, 4) is 5.75 Å². The van der Waals surface area contributed by atoms with E-state index in [1.54, 1.807) is 19.5 Å². The highest BCUT2D eigenvalue weighted by atomic mass is 16.5. The molecular weight excluding hydrogens is 262 g/mol. The molecule has 0 amide bonds. The molecule has 0 aliphatic heterocycles. The number of anilines is 1. The van der Waals surface area contributed by atoms with Crippen LogP contribution >= 0.6 is 0 Å². The molecule has 21 heavy (non-hydrogen) atoms. The number of aromatic nitrogens is 1. The molecule has 1 aromatic heterocycles. The minimum absolute atomic E-state index is 0.832. The fourth-order valence-corrected chi connectivity index (χ4v) is 2.06. The molecule has 1 N–H and O–H groups in total. The lowest BCUT2D eigenvalue weighted by atomic mass is 10.2. The minimum Gasteiger partial charge on any atom is -0.497 e. The van der Waals surface area contributed by atoms with Gasteiger partial charge in [0, 0.05) is 11.6 Å². The fraction of sp³-hybridized carbons (Fsp3) is 0.0588. The Kier molecular flexibility index (Phi) is 3.78. The van der Waals surface area contributed by atoms with Gasteiger partial charge in [-0.1, -0.05) is 18.2 Å². The molecule has 3 aromatic rings. The van der Waals surface area contributed by atoms with E-state index in [2.05, 4.69) is 15.5 Å². The van der Waals surface area contributed by atoms with E-state index in [-0.39, 0.29) is 0 Å². The second kappa shape index (κ2) is 6.05. The lowest BCUT2D eigenvalue weighted by Crippen LogP contribution is -1.93. The molecule has 2 aromatic carbocycles. The van der Waals surface area contributed by atoms with Crippen molar-refractivity contribution < 1.29 is 4.74 Å². The van der Waals surface area contributed by atoms with E-state index in [1.165, 1.54) is 0 Å². The quantitative estimate of drug-likeness (QED) is 0.584. The first-order valence-corrected chi connectivity index (χ1v) is 6.64. The Morgan fingerprint density at radius 1 is 1.05 bits per heavy atom. The van der Waals surface area contributed by atoms with Gasteiger partial charge in [0.2, 0.25) is 0 Å². The van der Waals surface area contributed by atoms with Gasteiger partial charge in [0.05, 0.1) is 24.5 Å². The van der Waals surface area contributed by atoms with E-state index in [0.717, 1.165) is 27.9 Å². The average Bonchev–Trinajstić information content (AvgIpc) is 2.56. The largest absolute Gasteiger partial charge is 0.497 e. The summed E-state index contributed by atoms with van der Waals surface area (Å²) in [7, 11) is 1.65. The third-order valence-electron chi connectivity index (χ3n) is 3.15. The van der Waals surface area contributed by atoms with Crippen LogP contribution in [0.1, 0.15) is 5.56 Å². The number of hydrogen-bond donors (Lipinski definition) is 1. The Hall–Kier alpha value is -2.88. The van der Waals surface area contributed by atoms with Gasteiger partial charge in [0.25, 0.3) is 0 Å². The van der Waals surface area contributed by atoms with Gasteiger partial charge in [0.1, 0.15) is 5.75 Å². The zero-order valence-electron chi connectivity index (χ0n) is 11.7. The Balaban J connectivity index is 1.78. The van der Waals surface area contributed by atoms with Crippen LogP contribution in [-0.4, -0.2) is 18.3 Å². The van der Waals surface area contributed by atoms with Crippen LogP contribution in [0, 0.1) is 0 Å². The second-order valence-corrected chi connectivity index (χ2v) is 4.52. The molecule has 104 valence electrons. The van der Waals surface area contributed by atoms with Gasteiger partial charge in [0.15, 0.2) is 0 Å². The predicted octanol–water partition coefficient (Wildman–Crippen LogP) is 3.69. The maximum atomic E-state index is 5.12. The topological polar surface area (TPSA) is 46.5 Å². The third kappa shape index (κ3) is 3.00. The summed E-state index contributed by atoms with van der Waals surface area (Å²) in [6.07, 6.45) is 3.54. The summed E-state index contributed by atoms with van der Waals surface area (Å²) in [4.78, 5) is 4.38. The zero-order valence-corrected chi connectivity index (χ0v) is 11.7. The van der Waals surface area contributed by atoms with Gasteiger partial charge >= 0.3 is 0 Å². The van der Waals surface area contributed by atoms with E-state index < -0.39 is 0 Å². The summed E-state index contributed by atoms with van der Waals surface area (Å²) in [6, 6.07) is 17.6. The highest BCUT2D eigenvalue weighted by molar-refractivity contribution is 5.90. The van der Waals surface area contributed by atoms with Gasteiger partial charge in [-0.05, 0) is 42.0 Å². The molecule has 0 radical (unpaired) electrons. The molecule has 4 nitrogen and oxygen atoms in total. The average molecular weight is 277 g/mol. The Bertz CT molecular complexity index is 761. The first-order valence-electron chi connectivity index (χ1n) is 6.64. The molecule has 0 bridgehead atoms. The Labute approximate surface area is 123 Å². The van der Waals surface area contributed by atoms with Crippen molar-refractivity contribution in [3.05, 3.63) is 66.4 Å². The van der Waals surface area contributed by atoms with Crippen molar-refractivity contribution in [2.75, 3.05) is 12.5 Å². The van der Waals surface area contributed by atoms with Crippen LogP contribution in [-0.2, 0) is 0 Å². The van der Waals surface area contributed by atoms with Crippen molar-refractivity contribution in [2.24, 2.45) is 5.10 Å². The summed E-state index contributed by atoms with van der Waals surface area (Å²) in [5, 5.41) is 5.35. The molecule has 3 rings (SSSR count). The van der Waals surface area contributed by atoms with Crippen LogP contribution in [0.5, 0.6) is 5.75 Å². The van der Waals surface area contributed by atoms with Gasteiger partial charge in [-0.3, -0.25) is 10.4 Å². The number of pyridine rings is 1. The number of para-hydroxylation sites is 1. The van der Waals surface area contributed by atoms with E-state index in [9.17, 15) is 0 Å². The second-order valence-electron chi connectivity index (χ2n) is 4.52. The third-order valence-corrected chi connectivity index (χ3v) is 3.15. The monoisotopic (exact) mass is 277 g/mol. The number of ether oxygens (including phenoxy) is 1. The van der Waals surface area contributed by atoms with Crippen LogP contribution in [0.3, 0.4) is 0 Å². The van der Waals surface area contributed by atoms with Crippen LogP contribution in [0.15, 0.2) is 65.9 Å². The lowest BCUT2D eigenvalue weighted by Gasteiger charge is -2.04. The Morgan fingerprint density at radius 2 is 1.86 bits per heavy atom. The molecule has 0 saturated heterocycles. The van der Waals surface area contributed by atoms with E-state index >= 15 is 0 Å². The summed E-state index contributed by atoms with van der Waals surface area (Å²) in [6.45, 7) is 0. The van der Waals surface area contributed by atoms with Crippen LogP contribution < -0.4 is 10.2 Å². The molecular formula is C17H15N3O. The molecule has 1 heterocycles. The number of benzene rings is 2. The maximum Gasteiger partial charge on any atom is 0.118 e. The van der Waals surface area contributed by atoms with E-state index in [4.69, 9.17) is 4.74 Å². The molecule has 0 unspecified atom stereocenters. The minimum atomic E-state index is 0.832. The molecule has 4 heteroatoms. The predicted molar refractivity (Wildman–Crippen MR) is 86.0 cm³/mol. The first-order chi connectivity index (χ1) is 10.4. The highest BCUT2D eigenvalue weighted by Crippen LogP contribution is 2.20. The summed E-state index contributed by atoms with van der Waals surface area (Å²) >= 11 is 0. The van der Waals surface area contributed by atoms with Gasteiger partial charge < -0.3 is 4.74 Å². The van der Waals surface area contributed by atoms with Crippen LogP contribution in [0.4, 0.5) is 5.69 Å². The van der Waals surface area contributed by atoms with Crippen molar-refractivity contribution in [2.45, 2.75) is 0 Å². The van der Waals surface area contributed by atoms with Crippen molar-refractivity contribution in [1.82, 2.24) is 4.98 Å². The number of hydrazone groups is 1. The number of rotatable bonds is 4. The molecule has 0 aliphatic rings. The van der Waals surface area contributed by atoms with Crippen molar-refractivity contribution in [1.29, 1.82) is 0 Å². The standard InChI is InChI=1S/C17H15N3O/c1-21-15-9-7-13(8-10-15)12-19-20-16-6-2-4-14-5-3-11-18-17(14)16/h2-12,20H,1H3. The summed E-state index contributed by atoms with van der Waals surface area (Å²) in [5.74, 6) is 0.832. The number of nitrogens with one attached hydrogen (secondary N) is 1.